The van der Waals surface area contributed by atoms with Gasteiger partial charge in [-0.25, -0.2) is 5.01 Å². The molecule has 5 nitrogen and oxygen atoms in total. The van der Waals surface area contributed by atoms with Crippen molar-refractivity contribution in [2.24, 2.45) is 0 Å². The number of aliphatic carboxylic acids is 1. The Labute approximate surface area is 70.0 Å². The Morgan fingerprint density at radius 1 is 1.67 bits per heavy atom. The van der Waals surface area contributed by atoms with E-state index in [0.717, 1.165) is 6.54 Å². The lowest BCUT2D eigenvalue weighted by molar-refractivity contribution is -0.141. The van der Waals surface area contributed by atoms with E-state index in [1.807, 2.05) is 17.3 Å². The van der Waals surface area contributed by atoms with Crippen LogP contribution in [0, 0.1) is 0 Å². The van der Waals surface area contributed by atoms with E-state index in [9.17, 15) is 4.79 Å². The van der Waals surface area contributed by atoms with Crippen molar-refractivity contribution < 1.29 is 9.90 Å². The van der Waals surface area contributed by atoms with Gasteiger partial charge in [0.05, 0.1) is 6.17 Å². The quantitative estimate of drug-likeness (QED) is 0.474. The summed E-state index contributed by atoms with van der Waals surface area (Å²) in [4.78, 5) is 10.6. The van der Waals surface area contributed by atoms with Crippen LogP contribution in [0.25, 0.3) is 0 Å². The van der Waals surface area contributed by atoms with Gasteiger partial charge in [-0.1, -0.05) is 0 Å². The second kappa shape index (κ2) is 2.76. The van der Waals surface area contributed by atoms with Gasteiger partial charge in [-0.05, 0) is 12.5 Å². The number of fused-ring (bicyclic) bond motifs is 1. The number of nitrogens with zero attached hydrogens (tertiary/aromatic N) is 1. The third-order valence-corrected chi connectivity index (χ3v) is 2.18. The highest BCUT2D eigenvalue weighted by molar-refractivity contribution is 5.73. The summed E-state index contributed by atoms with van der Waals surface area (Å²) < 4.78 is 0. The molecule has 0 aliphatic carbocycles. The summed E-state index contributed by atoms with van der Waals surface area (Å²) in [5.74, 6) is -0.769. The normalized spacial score (nSPS) is 34.3. The number of carbonyl (C=O) groups is 1. The molecule has 0 saturated carbocycles. The Kier molecular flexibility index (Phi) is 1.74. The van der Waals surface area contributed by atoms with Gasteiger partial charge >= 0.3 is 5.97 Å². The van der Waals surface area contributed by atoms with E-state index in [1.165, 1.54) is 0 Å². The van der Waals surface area contributed by atoms with Crippen molar-refractivity contribution in [1.82, 2.24) is 15.8 Å². The lowest BCUT2D eigenvalue weighted by Crippen LogP contribution is -2.57. The Balaban J connectivity index is 2.00. The minimum Gasteiger partial charge on any atom is -0.480 e. The van der Waals surface area contributed by atoms with E-state index < -0.39 is 12.0 Å². The summed E-state index contributed by atoms with van der Waals surface area (Å²) >= 11 is 0. The zero-order valence-corrected chi connectivity index (χ0v) is 6.53. The van der Waals surface area contributed by atoms with Crippen molar-refractivity contribution in [1.29, 1.82) is 0 Å². The van der Waals surface area contributed by atoms with Gasteiger partial charge in [0, 0.05) is 12.7 Å². The van der Waals surface area contributed by atoms with Gasteiger partial charge in [0.1, 0.15) is 6.04 Å². The predicted octanol–water partition coefficient (Wildman–Crippen LogP) is -0.907. The first kappa shape index (κ1) is 7.57. The van der Waals surface area contributed by atoms with Crippen LogP contribution >= 0.6 is 0 Å². The van der Waals surface area contributed by atoms with Crippen molar-refractivity contribution in [3.05, 3.63) is 12.3 Å². The van der Waals surface area contributed by atoms with E-state index in [-0.39, 0.29) is 6.17 Å². The molecule has 0 bridgehead atoms. The number of carboxylic acid groups (broad SMARTS) is 1. The molecule has 0 aromatic rings. The Morgan fingerprint density at radius 3 is 3.25 bits per heavy atom. The maximum atomic E-state index is 10.6. The second-order valence-electron chi connectivity index (χ2n) is 2.97. The van der Waals surface area contributed by atoms with Gasteiger partial charge in [-0.15, -0.1) is 0 Å². The zero-order valence-electron chi connectivity index (χ0n) is 6.53. The van der Waals surface area contributed by atoms with E-state index in [2.05, 4.69) is 10.7 Å². The number of nitrogens with one attached hydrogen (secondary N) is 2. The Morgan fingerprint density at radius 2 is 2.50 bits per heavy atom. The number of carboxylic acids is 1. The van der Waals surface area contributed by atoms with Crippen molar-refractivity contribution in [3.8, 4) is 0 Å². The summed E-state index contributed by atoms with van der Waals surface area (Å²) in [6.45, 7) is 0.766. The number of hydrogen-bond donors (Lipinski definition) is 3. The van der Waals surface area contributed by atoms with Crippen molar-refractivity contribution in [2.75, 3.05) is 6.54 Å². The SMILES string of the molecule is O=C(O)C1CCN2NC=CC2N1. The predicted molar refractivity (Wildman–Crippen MR) is 41.9 cm³/mol. The maximum absolute atomic E-state index is 10.6. The Bertz CT molecular complexity index is 229. The largest absolute Gasteiger partial charge is 0.480 e. The molecular weight excluding hydrogens is 158 g/mol. The summed E-state index contributed by atoms with van der Waals surface area (Å²) in [5.41, 5.74) is 3.02. The fraction of sp³-hybridized carbons (Fsp3) is 0.571. The Hall–Kier alpha value is -1.07. The van der Waals surface area contributed by atoms with E-state index in [4.69, 9.17) is 5.11 Å². The highest BCUT2D eigenvalue weighted by Crippen LogP contribution is 2.11. The molecule has 2 rings (SSSR count). The molecule has 0 spiro atoms. The molecule has 5 heteroatoms. The first-order valence-electron chi connectivity index (χ1n) is 3.96. The summed E-state index contributed by atoms with van der Waals surface area (Å²) in [7, 11) is 0. The standard InChI is InChI=1S/C7H11N3O2/c11-7(12)5-2-4-10-6(9-5)1-3-8-10/h1,3,5-6,8-9H,2,4H2,(H,11,12). The number of hydrogen-bond acceptors (Lipinski definition) is 4. The molecule has 3 N–H and O–H groups in total. The molecule has 2 aliphatic rings. The minimum atomic E-state index is -0.769. The number of hydrazine groups is 1. The average Bonchev–Trinajstić information content (AvgIpc) is 2.49. The van der Waals surface area contributed by atoms with Gasteiger partial charge in [0.15, 0.2) is 0 Å². The molecule has 66 valence electrons. The van der Waals surface area contributed by atoms with Crippen LogP contribution in [0.4, 0.5) is 0 Å². The van der Waals surface area contributed by atoms with E-state index >= 15 is 0 Å². The smallest absolute Gasteiger partial charge is 0.320 e. The van der Waals surface area contributed by atoms with Gasteiger partial charge in [-0.3, -0.25) is 10.1 Å². The molecule has 1 fully saturated rings. The summed E-state index contributed by atoms with van der Waals surface area (Å²) in [6, 6.07) is -0.407. The van der Waals surface area contributed by atoms with Crippen LogP contribution in [0.15, 0.2) is 12.3 Å². The fourth-order valence-electron chi connectivity index (χ4n) is 1.52. The van der Waals surface area contributed by atoms with Crippen LogP contribution in [0.5, 0.6) is 0 Å². The highest BCUT2D eigenvalue weighted by atomic mass is 16.4. The van der Waals surface area contributed by atoms with Crippen LogP contribution < -0.4 is 10.7 Å². The molecule has 0 aromatic heterocycles. The maximum Gasteiger partial charge on any atom is 0.320 e. The van der Waals surface area contributed by atoms with Gasteiger partial charge in [0.25, 0.3) is 0 Å². The van der Waals surface area contributed by atoms with Gasteiger partial charge in [-0.2, -0.15) is 0 Å². The second-order valence-corrected chi connectivity index (χ2v) is 2.97. The summed E-state index contributed by atoms with van der Waals surface area (Å²) in [6.07, 6.45) is 4.41. The molecule has 0 aromatic carbocycles. The molecule has 2 atom stereocenters. The lowest BCUT2D eigenvalue weighted by Gasteiger charge is -2.33. The van der Waals surface area contributed by atoms with Crippen LogP contribution in [-0.2, 0) is 4.79 Å². The summed E-state index contributed by atoms with van der Waals surface area (Å²) in [5, 5.41) is 13.7. The van der Waals surface area contributed by atoms with Crippen LogP contribution in [0.2, 0.25) is 0 Å². The van der Waals surface area contributed by atoms with Crippen LogP contribution in [0.1, 0.15) is 6.42 Å². The first-order chi connectivity index (χ1) is 5.77. The molecular formula is C7H11N3O2. The van der Waals surface area contributed by atoms with Crippen LogP contribution in [0.3, 0.4) is 0 Å². The molecule has 0 amide bonds. The molecule has 12 heavy (non-hydrogen) atoms. The monoisotopic (exact) mass is 169 g/mol. The highest BCUT2D eigenvalue weighted by Gasteiger charge is 2.31. The average molecular weight is 169 g/mol. The van der Waals surface area contributed by atoms with E-state index in [0.29, 0.717) is 6.42 Å². The van der Waals surface area contributed by atoms with Gasteiger partial charge in [0.2, 0.25) is 0 Å². The minimum absolute atomic E-state index is 0.0415. The van der Waals surface area contributed by atoms with Crippen LogP contribution in [-0.4, -0.2) is 34.8 Å². The zero-order chi connectivity index (χ0) is 8.55. The van der Waals surface area contributed by atoms with Crippen molar-refractivity contribution >= 4 is 5.97 Å². The molecule has 2 unspecified atom stereocenters. The topological polar surface area (TPSA) is 64.6 Å². The van der Waals surface area contributed by atoms with E-state index in [1.54, 1.807) is 0 Å². The molecule has 2 heterocycles. The molecule has 0 radical (unpaired) electrons. The van der Waals surface area contributed by atoms with Crippen molar-refractivity contribution in [3.63, 3.8) is 0 Å². The van der Waals surface area contributed by atoms with Crippen molar-refractivity contribution in [2.45, 2.75) is 18.6 Å². The number of rotatable bonds is 1. The lowest BCUT2D eigenvalue weighted by atomic mass is 10.1. The fourth-order valence-corrected chi connectivity index (χ4v) is 1.52. The molecule has 1 saturated heterocycles. The van der Waals surface area contributed by atoms with Gasteiger partial charge < -0.3 is 10.5 Å². The third-order valence-electron chi connectivity index (χ3n) is 2.18. The third kappa shape index (κ3) is 1.17. The molecule has 2 aliphatic heterocycles. The first-order valence-corrected chi connectivity index (χ1v) is 3.96.